The normalized spacial score (nSPS) is 10.2. The van der Waals surface area contributed by atoms with Gasteiger partial charge in [-0.3, -0.25) is 0 Å². The Hall–Kier alpha value is -1.52. The van der Waals surface area contributed by atoms with Gasteiger partial charge >= 0.3 is 0 Å². The minimum absolute atomic E-state index is 0.460. The highest BCUT2D eigenvalue weighted by Gasteiger charge is 2.03. The topological polar surface area (TPSA) is 44.5 Å². The van der Waals surface area contributed by atoms with E-state index in [0.29, 0.717) is 19.8 Å². The summed E-state index contributed by atoms with van der Waals surface area (Å²) < 4.78 is 12.2. The number of ether oxygens (including phenoxy) is 2. The second-order valence-corrected chi connectivity index (χ2v) is 4.88. The lowest BCUT2D eigenvalue weighted by atomic mass is 10.2. The van der Waals surface area contributed by atoms with Crippen molar-refractivity contribution in [2.45, 2.75) is 6.54 Å². The Morgan fingerprint density at radius 2 is 1.68 bits per heavy atom. The first kappa shape index (κ1) is 13.9. The van der Waals surface area contributed by atoms with Gasteiger partial charge in [0.25, 0.3) is 0 Å². The Balaban J connectivity index is 1.84. The molecule has 0 spiro atoms. The van der Waals surface area contributed by atoms with Crippen LogP contribution >= 0.6 is 15.9 Å². The number of halogens is 1. The van der Waals surface area contributed by atoms with E-state index in [4.69, 9.17) is 15.2 Å². The fourth-order valence-electron chi connectivity index (χ4n) is 1.66. The van der Waals surface area contributed by atoms with Crippen molar-refractivity contribution in [1.29, 1.82) is 0 Å². The largest absolute Gasteiger partial charge is 0.490 e. The van der Waals surface area contributed by atoms with Gasteiger partial charge in [-0.25, -0.2) is 0 Å². The van der Waals surface area contributed by atoms with Crippen LogP contribution in [-0.4, -0.2) is 13.2 Å². The van der Waals surface area contributed by atoms with Crippen molar-refractivity contribution in [3.63, 3.8) is 0 Å². The highest BCUT2D eigenvalue weighted by atomic mass is 79.9. The van der Waals surface area contributed by atoms with Gasteiger partial charge in [-0.2, -0.15) is 0 Å². The molecule has 3 nitrogen and oxygen atoms in total. The van der Waals surface area contributed by atoms with E-state index < -0.39 is 0 Å². The lowest BCUT2D eigenvalue weighted by molar-refractivity contribution is 0.216. The van der Waals surface area contributed by atoms with Gasteiger partial charge < -0.3 is 15.2 Å². The Labute approximate surface area is 121 Å². The van der Waals surface area contributed by atoms with E-state index in [2.05, 4.69) is 15.9 Å². The maximum Gasteiger partial charge on any atom is 0.125 e. The van der Waals surface area contributed by atoms with Gasteiger partial charge in [0, 0.05) is 16.6 Å². The SMILES string of the molecule is NCc1ccc(Br)cc1OCCOc1ccccc1. The molecule has 4 heteroatoms. The van der Waals surface area contributed by atoms with E-state index >= 15 is 0 Å². The van der Waals surface area contributed by atoms with E-state index in [9.17, 15) is 0 Å². The number of benzene rings is 2. The van der Waals surface area contributed by atoms with Crippen molar-refractivity contribution >= 4 is 15.9 Å². The van der Waals surface area contributed by atoms with Crippen molar-refractivity contribution < 1.29 is 9.47 Å². The van der Waals surface area contributed by atoms with Crippen LogP contribution in [0, 0.1) is 0 Å². The average Bonchev–Trinajstić information content (AvgIpc) is 2.45. The quantitative estimate of drug-likeness (QED) is 0.830. The van der Waals surface area contributed by atoms with Crippen LogP contribution < -0.4 is 15.2 Å². The van der Waals surface area contributed by atoms with Gasteiger partial charge in [0.15, 0.2) is 0 Å². The fraction of sp³-hybridized carbons (Fsp3) is 0.200. The number of para-hydroxylation sites is 1. The predicted octanol–water partition coefficient (Wildman–Crippen LogP) is 3.37. The molecule has 0 saturated carbocycles. The van der Waals surface area contributed by atoms with Gasteiger partial charge in [0.1, 0.15) is 24.7 Å². The molecule has 2 aromatic carbocycles. The molecule has 2 rings (SSSR count). The third-order valence-corrected chi connectivity index (χ3v) is 3.10. The number of hydrogen-bond acceptors (Lipinski definition) is 3. The van der Waals surface area contributed by atoms with Crippen molar-refractivity contribution in [3.05, 3.63) is 58.6 Å². The summed E-state index contributed by atoms with van der Waals surface area (Å²) >= 11 is 3.42. The first-order valence-corrected chi connectivity index (χ1v) is 6.88. The molecule has 0 amide bonds. The van der Waals surface area contributed by atoms with Crippen LogP contribution in [0.3, 0.4) is 0 Å². The maximum atomic E-state index is 5.70. The van der Waals surface area contributed by atoms with Crippen LogP contribution in [0.2, 0.25) is 0 Å². The minimum atomic E-state index is 0.460. The molecule has 0 aliphatic carbocycles. The molecule has 0 bridgehead atoms. The Morgan fingerprint density at radius 3 is 2.42 bits per heavy atom. The second-order valence-electron chi connectivity index (χ2n) is 3.97. The smallest absolute Gasteiger partial charge is 0.125 e. The number of hydrogen-bond donors (Lipinski definition) is 1. The highest BCUT2D eigenvalue weighted by Crippen LogP contribution is 2.23. The summed E-state index contributed by atoms with van der Waals surface area (Å²) in [4.78, 5) is 0. The molecule has 0 saturated heterocycles. The van der Waals surface area contributed by atoms with Crippen molar-refractivity contribution in [1.82, 2.24) is 0 Å². The number of nitrogens with two attached hydrogens (primary N) is 1. The van der Waals surface area contributed by atoms with E-state index in [1.807, 2.05) is 48.5 Å². The molecule has 0 heterocycles. The van der Waals surface area contributed by atoms with Crippen LogP contribution in [0.15, 0.2) is 53.0 Å². The first-order valence-electron chi connectivity index (χ1n) is 6.09. The summed E-state index contributed by atoms with van der Waals surface area (Å²) in [6.07, 6.45) is 0. The van der Waals surface area contributed by atoms with E-state index in [0.717, 1.165) is 21.5 Å². The van der Waals surface area contributed by atoms with Gasteiger partial charge in [-0.05, 0) is 24.3 Å². The first-order chi connectivity index (χ1) is 9.29. The second kappa shape index (κ2) is 7.16. The fourth-order valence-corrected chi connectivity index (χ4v) is 2.00. The van der Waals surface area contributed by atoms with Crippen molar-refractivity contribution in [3.8, 4) is 11.5 Å². The Kier molecular flexibility index (Phi) is 5.24. The monoisotopic (exact) mass is 321 g/mol. The highest BCUT2D eigenvalue weighted by molar-refractivity contribution is 9.10. The molecule has 0 atom stereocenters. The Bertz CT molecular complexity index is 517. The molecular weight excluding hydrogens is 306 g/mol. The molecule has 0 aliphatic heterocycles. The Morgan fingerprint density at radius 1 is 0.947 bits per heavy atom. The van der Waals surface area contributed by atoms with Crippen LogP contribution in [0.25, 0.3) is 0 Å². The molecule has 0 radical (unpaired) electrons. The van der Waals surface area contributed by atoms with Crippen LogP contribution in [0.4, 0.5) is 0 Å². The standard InChI is InChI=1S/C15H16BrNO2/c16-13-7-6-12(11-17)15(10-13)19-9-8-18-14-4-2-1-3-5-14/h1-7,10H,8-9,11,17H2. The zero-order valence-corrected chi connectivity index (χ0v) is 12.1. The van der Waals surface area contributed by atoms with E-state index in [-0.39, 0.29) is 0 Å². The van der Waals surface area contributed by atoms with Crippen molar-refractivity contribution in [2.75, 3.05) is 13.2 Å². The molecule has 0 fully saturated rings. The molecule has 2 aromatic rings. The number of rotatable bonds is 6. The maximum absolute atomic E-state index is 5.70. The summed E-state index contributed by atoms with van der Waals surface area (Å²) in [6.45, 7) is 1.45. The lowest BCUT2D eigenvalue weighted by Gasteiger charge is -2.11. The van der Waals surface area contributed by atoms with Crippen molar-refractivity contribution in [2.24, 2.45) is 5.73 Å². The minimum Gasteiger partial charge on any atom is -0.490 e. The average molecular weight is 322 g/mol. The van der Waals surface area contributed by atoms with Gasteiger partial charge in [0.2, 0.25) is 0 Å². The summed E-state index contributed by atoms with van der Waals surface area (Å²) in [5, 5.41) is 0. The van der Waals surface area contributed by atoms with E-state index in [1.165, 1.54) is 0 Å². The predicted molar refractivity (Wildman–Crippen MR) is 79.5 cm³/mol. The molecule has 0 aromatic heterocycles. The lowest BCUT2D eigenvalue weighted by Crippen LogP contribution is -2.10. The van der Waals surface area contributed by atoms with Gasteiger partial charge in [-0.15, -0.1) is 0 Å². The molecule has 0 aliphatic rings. The van der Waals surface area contributed by atoms with Gasteiger partial charge in [-0.1, -0.05) is 40.2 Å². The molecule has 100 valence electrons. The molecule has 2 N–H and O–H groups in total. The summed E-state index contributed by atoms with van der Waals surface area (Å²) in [7, 11) is 0. The summed E-state index contributed by atoms with van der Waals surface area (Å²) in [5.41, 5.74) is 6.66. The molecular formula is C15H16BrNO2. The van der Waals surface area contributed by atoms with Crippen LogP contribution in [0.1, 0.15) is 5.56 Å². The zero-order chi connectivity index (χ0) is 13.5. The third kappa shape index (κ3) is 4.26. The summed E-state index contributed by atoms with van der Waals surface area (Å²) in [5.74, 6) is 1.65. The van der Waals surface area contributed by atoms with E-state index in [1.54, 1.807) is 0 Å². The third-order valence-electron chi connectivity index (χ3n) is 2.60. The van der Waals surface area contributed by atoms with Gasteiger partial charge in [0.05, 0.1) is 0 Å². The summed E-state index contributed by atoms with van der Waals surface area (Å²) in [6, 6.07) is 15.5. The molecule has 19 heavy (non-hydrogen) atoms. The van der Waals surface area contributed by atoms with Crippen LogP contribution in [-0.2, 0) is 6.54 Å². The zero-order valence-electron chi connectivity index (χ0n) is 10.5. The van der Waals surface area contributed by atoms with Crippen LogP contribution in [0.5, 0.6) is 11.5 Å². The molecule has 0 unspecified atom stereocenters.